The summed E-state index contributed by atoms with van der Waals surface area (Å²) in [5, 5.41) is 12.7. The molecule has 7 heteroatoms. The molecule has 3 aromatic rings. The summed E-state index contributed by atoms with van der Waals surface area (Å²) >= 11 is 0. The Kier molecular flexibility index (Phi) is 6.29. The van der Waals surface area contributed by atoms with E-state index in [4.69, 9.17) is 14.7 Å². The number of nitriles is 1. The first-order valence-electron chi connectivity index (χ1n) is 10.1. The van der Waals surface area contributed by atoms with Gasteiger partial charge in [0.05, 0.1) is 19.1 Å². The van der Waals surface area contributed by atoms with Gasteiger partial charge in [-0.15, -0.1) is 0 Å². The fourth-order valence-electron chi connectivity index (χ4n) is 3.75. The van der Waals surface area contributed by atoms with E-state index in [0.29, 0.717) is 49.4 Å². The molecule has 0 bridgehead atoms. The second-order valence-electron chi connectivity index (χ2n) is 7.24. The highest BCUT2D eigenvalue weighted by molar-refractivity contribution is 5.96. The molecule has 6 nitrogen and oxygen atoms in total. The molecule has 2 heterocycles. The maximum atomic E-state index is 13.8. The molecule has 0 saturated carbocycles. The van der Waals surface area contributed by atoms with E-state index in [1.54, 1.807) is 6.08 Å². The van der Waals surface area contributed by atoms with Crippen LogP contribution in [0.25, 0.3) is 17.0 Å². The minimum Gasteiger partial charge on any atom is -0.467 e. The number of ether oxygens (including phenoxy) is 2. The Balaban J connectivity index is 1.40. The standard InChI is InChI=1S/C24H22FN3O3/c25-20-12-17(24-19(13-20)15-30-16-31-24)8-10-27-23(29)7-6-18-14-28(11-3-9-26)22-5-2-1-4-21(18)22/h1-2,4-7,12-14H,3,8,10-11,15-16H2,(H,27,29). The molecule has 0 unspecified atom stereocenters. The lowest BCUT2D eigenvalue weighted by Gasteiger charge is -2.20. The Labute approximate surface area is 179 Å². The van der Waals surface area contributed by atoms with Crippen LogP contribution in [-0.4, -0.2) is 23.8 Å². The van der Waals surface area contributed by atoms with Crippen LogP contribution in [0.15, 0.2) is 48.7 Å². The van der Waals surface area contributed by atoms with Gasteiger partial charge in [0.1, 0.15) is 11.6 Å². The van der Waals surface area contributed by atoms with Gasteiger partial charge in [0.25, 0.3) is 0 Å². The Hall–Kier alpha value is -3.63. The molecule has 0 spiro atoms. The van der Waals surface area contributed by atoms with E-state index >= 15 is 0 Å². The normalized spacial score (nSPS) is 13.0. The number of rotatable bonds is 7. The summed E-state index contributed by atoms with van der Waals surface area (Å²) in [6.45, 7) is 1.41. The SMILES string of the molecule is N#CCCn1cc(C=CC(=O)NCCc2cc(F)cc3c2OCOC3)c2ccccc21. The summed E-state index contributed by atoms with van der Waals surface area (Å²) in [6.07, 6.45) is 6.08. The van der Waals surface area contributed by atoms with Crippen molar-refractivity contribution in [2.24, 2.45) is 0 Å². The van der Waals surface area contributed by atoms with E-state index in [9.17, 15) is 9.18 Å². The van der Waals surface area contributed by atoms with E-state index in [2.05, 4.69) is 11.4 Å². The number of carbonyl (C=O) groups excluding carboxylic acids is 1. The number of aryl methyl sites for hydroxylation is 1. The van der Waals surface area contributed by atoms with Crippen LogP contribution in [0.3, 0.4) is 0 Å². The zero-order chi connectivity index (χ0) is 21.6. The zero-order valence-electron chi connectivity index (χ0n) is 16.9. The van der Waals surface area contributed by atoms with Crippen LogP contribution in [0.4, 0.5) is 4.39 Å². The van der Waals surface area contributed by atoms with Gasteiger partial charge in [-0.3, -0.25) is 4.79 Å². The van der Waals surface area contributed by atoms with Gasteiger partial charge in [-0.05, 0) is 36.3 Å². The third-order valence-electron chi connectivity index (χ3n) is 5.14. The van der Waals surface area contributed by atoms with Gasteiger partial charge in [0.2, 0.25) is 5.91 Å². The van der Waals surface area contributed by atoms with Crippen molar-refractivity contribution in [3.63, 3.8) is 0 Å². The van der Waals surface area contributed by atoms with Crippen LogP contribution >= 0.6 is 0 Å². The number of aromatic nitrogens is 1. The summed E-state index contributed by atoms with van der Waals surface area (Å²) in [5.41, 5.74) is 3.33. The topological polar surface area (TPSA) is 76.3 Å². The maximum Gasteiger partial charge on any atom is 0.244 e. The second kappa shape index (κ2) is 9.45. The summed E-state index contributed by atoms with van der Waals surface area (Å²) in [5.74, 6) is 0.0628. The first kappa shape index (κ1) is 20.6. The molecule has 0 saturated heterocycles. The van der Waals surface area contributed by atoms with E-state index in [1.165, 1.54) is 18.2 Å². The Bertz CT molecular complexity index is 1180. The number of carbonyl (C=O) groups is 1. The number of halogens is 1. The van der Waals surface area contributed by atoms with Crippen molar-refractivity contribution in [3.05, 3.63) is 71.2 Å². The lowest BCUT2D eigenvalue weighted by molar-refractivity contribution is -0.116. The minimum absolute atomic E-state index is 0.142. The van der Waals surface area contributed by atoms with Crippen molar-refractivity contribution in [2.45, 2.75) is 26.0 Å². The van der Waals surface area contributed by atoms with Gasteiger partial charge in [-0.1, -0.05) is 18.2 Å². The number of benzene rings is 2. The first-order valence-corrected chi connectivity index (χ1v) is 10.1. The van der Waals surface area contributed by atoms with Crippen LogP contribution in [0.5, 0.6) is 5.75 Å². The van der Waals surface area contributed by atoms with Crippen LogP contribution in [0.2, 0.25) is 0 Å². The molecule has 4 rings (SSSR count). The monoisotopic (exact) mass is 419 g/mol. The van der Waals surface area contributed by atoms with Crippen molar-refractivity contribution in [3.8, 4) is 11.8 Å². The molecular formula is C24H22FN3O3. The number of hydrogen-bond acceptors (Lipinski definition) is 4. The van der Waals surface area contributed by atoms with Crippen LogP contribution in [0.1, 0.15) is 23.1 Å². The average molecular weight is 419 g/mol. The Morgan fingerprint density at radius 1 is 1.32 bits per heavy atom. The summed E-state index contributed by atoms with van der Waals surface area (Å²) in [7, 11) is 0. The maximum absolute atomic E-state index is 13.8. The summed E-state index contributed by atoms with van der Waals surface area (Å²) in [6, 6.07) is 12.9. The van der Waals surface area contributed by atoms with Gasteiger partial charge in [-0.25, -0.2) is 4.39 Å². The molecule has 1 N–H and O–H groups in total. The summed E-state index contributed by atoms with van der Waals surface area (Å²) < 4.78 is 26.5. The summed E-state index contributed by atoms with van der Waals surface area (Å²) in [4.78, 5) is 12.3. The van der Waals surface area contributed by atoms with Crippen LogP contribution in [-0.2, 0) is 29.1 Å². The number of hydrogen-bond donors (Lipinski definition) is 1. The van der Waals surface area contributed by atoms with Crippen molar-refractivity contribution < 1.29 is 18.7 Å². The van der Waals surface area contributed by atoms with Gasteiger partial charge in [0.15, 0.2) is 6.79 Å². The first-order chi connectivity index (χ1) is 15.2. The molecule has 0 aliphatic carbocycles. The van der Waals surface area contributed by atoms with Crippen molar-refractivity contribution in [1.29, 1.82) is 5.26 Å². The third kappa shape index (κ3) is 4.76. The molecule has 31 heavy (non-hydrogen) atoms. The predicted molar refractivity (Wildman–Crippen MR) is 115 cm³/mol. The third-order valence-corrected chi connectivity index (χ3v) is 5.14. The van der Waals surface area contributed by atoms with Crippen molar-refractivity contribution in [2.75, 3.05) is 13.3 Å². The molecule has 158 valence electrons. The number of para-hydroxylation sites is 1. The fourth-order valence-corrected chi connectivity index (χ4v) is 3.75. The lowest BCUT2D eigenvalue weighted by Crippen LogP contribution is -2.24. The molecule has 1 aliphatic heterocycles. The van der Waals surface area contributed by atoms with E-state index in [-0.39, 0.29) is 18.5 Å². The molecule has 1 aromatic heterocycles. The average Bonchev–Trinajstić information content (AvgIpc) is 3.14. The van der Waals surface area contributed by atoms with Crippen LogP contribution in [0, 0.1) is 17.1 Å². The lowest BCUT2D eigenvalue weighted by atomic mass is 10.1. The fraction of sp³-hybridized carbons (Fsp3) is 0.250. The minimum atomic E-state index is -0.345. The largest absolute Gasteiger partial charge is 0.467 e. The Morgan fingerprint density at radius 3 is 3.06 bits per heavy atom. The van der Waals surface area contributed by atoms with Gasteiger partial charge in [-0.2, -0.15) is 5.26 Å². The molecule has 0 fully saturated rings. The molecule has 2 aromatic carbocycles. The number of amides is 1. The zero-order valence-corrected chi connectivity index (χ0v) is 16.9. The van der Waals surface area contributed by atoms with E-state index in [0.717, 1.165) is 16.5 Å². The van der Waals surface area contributed by atoms with Gasteiger partial charge in [0, 0.05) is 47.4 Å². The number of nitrogens with one attached hydrogen (secondary N) is 1. The van der Waals surface area contributed by atoms with E-state index in [1.807, 2.05) is 35.0 Å². The van der Waals surface area contributed by atoms with Crippen LogP contribution < -0.4 is 10.1 Å². The molecule has 0 radical (unpaired) electrons. The molecule has 1 aliphatic rings. The quantitative estimate of drug-likeness (QED) is 0.589. The van der Waals surface area contributed by atoms with Gasteiger partial charge >= 0.3 is 0 Å². The second-order valence-corrected chi connectivity index (χ2v) is 7.24. The highest BCUT2D eigenvalue weighted by atomic mass is 19.1. The highest BCUT2D eigenvalue weighted by Gasteiger charge is 2.16. The van der Waals surface area contributed by atoms with Crippen molar-refractivity contribution >= 4 is 22.9 Å². The highest BCUT2D eigenvalue weighted by Crippen LogP contribution is 2.29. The predicted octanol–water partition coefficient (Wildman–Crippen LogP) is 3.93. The molecule has 1 amide bonds. The smallest absolute Gasteiger partial charge is 0.244 e. The number of nitrogens with zero attached hydrogens (tertiary/aromatic N) is 2. The molecular weight excluding hydrogens is 397 g/mol. The number of fused-ring (bicyclic) bond motifs is 2. The molecule has 0 atom stereocenters. The Morgan fingerprint density at radius 2 is 2.19 bits per heavy atom. The van der Waals surface area contributed by atoms with Gasteiger partial charge < -0.3 is 19.4 Å². The van der Waals surface area contributed by atoms with Crippen molar-refractivity contribution in [1.82, 2.24) is 9.88 Å². The van der Waals surface area contributed by atoms with E-state index < -0.39 is 0 Å².